The van der Waals surface area contributed by atoms with Crippen molar-refractivity contribution in [2.24, 2.45) is 0 Å². The molecule has 2 rings (SSSR count). The molecule has 0 aliphatic rings. The molecular formula is C15H17FN2O4S2. The predicted molar refractivity (Wildman–Crippen MR) is 88.0 cm³/mol. The van der Waals surface area contributed by atoms with Gasteiger partial charge < -0.3 is 10.0 Å². The number of aldehydes is 1. The molecule has 2 N–H and O–H groups in total. The zero-order chi connectivity index (χ0) is 17.7. The van der Waals surface area contributed by atoms with Crippen LogP contribution in [0.4, 0.5) is 4.39 Å². The smallest absolute Gasteiger partial charge is 0.243 e. The summed E-state index contributed by atoms with van der Waals surface area (Å²) in [6, 6.07) is 6.28. The van der Waals surface area contributed by atoms with Gasteiger partial charge in [-0.05, 0) is 30.2 Å². The molecule has 0 bridgehead atoms. The number of carbonyl (C=O) groups is 1. The van der Waals surface area contributed by atoms with Crippen molar-refractivity contribution in [3.63, 3.8) is 0 Å². The van der Waals surface area contributed by atoms with Gasteiger partial charge in [0.1, 0.15) is 18.1 Å². The lowest BCUT2D eigenvalue weighted by Crippen LogP contribution is -2.28. The van der Waals surface area contributed by atoms with Crippen molar-refractivity contribution in [2.45, 2.75) is 17.4 Å². The maximum Gasteiger partial charge on any atom is 0.243 e. The molecule has 1 unspecified atom stereocenters. The second kappa shape index (κ2) is 7.95. The first-order valence-corrected chi connectivity index (χ1v) is 9.34. The molecule has 0 fully saturated rings. The third-order valence-electron chi connectivity index (χ3n) is 3.51. The van der Waals surface area contributed by atoms with Crippen LogP contribution in [0.5, 0.6) is 0 Å². The van der Waals surface area contributed by atoms with Gasteiger partial charge in [0.25, 0.3) is 0 Å². The van der Waals surface area contributed by atoms with E-state index in [0.717, 1.165) is 16.9 Å². The monoisotopic (exact) mass is 372 g/mol. The lowest BCUT2D eigenvalue weighted by molar-refractivity contribution is -0.111. The number of benzene rings is 1. The number of hydrogen-bond acceptors (Lipinski definition) is 6. The third kappa shape index (κ3) is 4.25. The highest BCUT2D eigenvalue weighted by atomic mass is 32.2. The Morgan fingerprint density at radius 3 is 2.62 bits per heavy atom. The first-order valence-electron chi connectivity index (χ1n) is 7.02. The molecule has 1 aromatic heterocycles. The van der Waals surface area contributed by atoms with Crippen molar-refractivity contribution >= 4 is 27.6 Å². The van der Waals surface area contributed by atoms with E-state index in [-0.39, 0.29) is 17.3 Å². The fraction of sp³-hybridized carbons (Fsp3) is 0.267. The number of hydrogen-bond donors (Lipinski definition) is 2. The molecule has 0 radical (unpaired) electrons. The van der Waals surface area contributed by atoms with E-state index in [9.17, 15) is 17.6 Å². The first kappa shape index (κ1) is 18.7. The predicted octanol–water partition coefficient (Wildman–Crippen LogP) is 1.97. The summed E-state index contributed by atoms with van der Waals surface area (Å²) in [6.07, 6.45) is 0.933. The molecule has 0 amide bonds. The molecule has 6 nitrogen and oxygen atoms in total. The Balaban J connectivity index is 2.08. The number of thiophene rings is 1. The highest BCUT2D eigenvalue weighted by Gasteiger charge is 2.23. The van der Waals surface area contributed by atoms with Crippen LogP contribution >= 0.6 is 11.3 Å². The highest BCUT2D eigenvalue weighted by molar-refractivity contribution is 7.89. The molecule has 9 heteroatoms. The van der Waals surface area contributed by atoms with Crippen LogP contribution in [-0.2, 0) is 21.2 Å². The maximum absolute atomic E-state index is 12.9. The number of sulfonamides is 1. The quantitative estimate of drug-likeness (QED) is 0.546. The van der Waals surface area contributed by atoms with E-state index >= 15 is 0 Å². The number of carbonyl (C=O) groups excluding carboxylic acids is 1. The maximum atomic E-state index is 12.9. The van der Waals surface area contributed by atoms with E-state index in [2.05, 4.69) is 0 Å². The summed E-state index contributed by atoms with van der Waals surface area (Å²) in [5.41, 5.74) is 2.65. The van der Waals surface area contributed by atoms with Gasteiger partial charge >= 0.3 is 0 Å². The van der Waals surface area contributed by atoms with Gasteiger partial charge in [-0.1, -0.05) is 12.1 Å². The lowest BCUT2D eigenvalue weighted by atomic mass is 10.1. The summed E-state index contributed by atoms with van der Waals surface area (Å²) >= 11 is 1.07. The molecule has 0 saturated heterocycles. The largest absolute Gasteiger partial charge is 0.316 e. The van der Waals surface area contributed by atoms with Crippen LogP contribution in [0.25, 0.3) is 0 Å². The summed E-state index contributed by atoms with van der Waals surface area (Å²) < 4.78 is 39.1. The number of hydroxylamine groups is 1. The van der Waals surface area contributed by atoms with E-state index in [1.54, 1.807) is 12.1 Å². The number of likely N-dealkylation sites (N-methyl/N-ethyl adjacent to an activating group) is 1. The van der Waals surface area contributed by atoms with Crippen LogP contribution in [0.2, 0.25) is 0 Å². The number of rotatable bonds is 8. The summed E-state index contributed by atoms with van der Waals surface area (Å²) in [5, 5.41) is 10.3. The average molecular weight is 372 g/mol. The van der Waals surface area contributed by atoms with Gasteiger partial charge in [0.05, 0.1) is 4.90 Å². The second-order valence-corrected chi connectivity index (χ2v) is 8.12. The molecule has 0 saturated carbocycles. The van der Waals surface area contributed by atoms with Gasteiger partial charge in [0.2, 0.25) is 10.0 Å². The van der Waals surface area contributed by atoms with Crippen molar-refractivity contribution < 1.29 is 22.8 Å². The molecule has 24 heavy (non-hydrogen) atoms. The average Bonchev–Trinajstić information content (AvgIpc) is 3.06. The molecule has 1 atom stereocenters. The molecule has 0 aliphatic carbocycles. The standard InChI is InChI=1S/C15H17FN2O4S2/c1-18(7-6-11-2-4-12(16)5-3-11)24(21,22)13-8-15(23-10-13)14(9-19)17-20/h2-5,8-10,14,17,20H,6-7H2,1H3. The Hall–Kier alpha value is -1.65. The van der Waals surface area contributed by atoms with Crippen LogP contribution in [0.15, 0.2) is 40.6 Å². The van der Waals surface area contributed by atoms with Crippen LogP contribution < -0.4 is 5.48 Å². The van der Waals surface area contributed by atoms with Gasteiger partial charge in [-0.3, -0.25) is 0 Å². The second-order valence-electron chi connectivity index (χ2n) is 5.13. The Morgan fingerprint density at radius 1 is 1.38 bits per heavy atom. The zero-order valence-corrected chi connectivity index (χ0v) is 14.5. The Kier molecular flexibility index (Phi) is 6.19. The fourth-order valence-electron chi connectivity index (χ4n) is 2.03. The van der Waals surface area contributed by atoms with Crippen LogP contribution in [-0.4, -0.2) is 37.8 Å². The Morgan fingerprint density at radius 2 is 2.04 bits per heavy atom. The Labute approximate surface area is 143 Å². The Bertz CT molecular complexity index is 790. The van der Waals surface area contributed by atoms with Gasteiger partial charge in [0, 0.05) is 23.8 Å². The van der Waals surface area contributed by atoms with E-state index < -0.39 is 16.1 Å². The van der Waals surface area contributed by atoms with Gasteiger partial charge in [-0.15, -0.1) is 11.3 Å². The summed E-state index contributed by atoms with van der Waals surface area (Å²) in [6.45, 7) is 0.231. The van der Waals surface area contributed by atoms with Gasteiger partial charge in [-0.25, -0.2) is 17.1 Å². The number of halogens is 1. The molecule has 0 spiro atoms. The first-order chi connectivity index (χ1) is 11.4. The lowest BCUT2D eigenvalue weighted by Gasteiger charge is -2.16. The number of nitrogens with zero attached hydrogens (tertiary/aromatic N) is 1. The fourth-order valence-corrected chi connectivity index (χ4v) is 4.47. The summed E-state index contributed by atoms with van der Waals surface area (Å²) in [4.78, 5) is 11.3. The minimum absolute atomic E-state index is 0.0613. The molecule has 1 aromatic carbocycles. The van der Waals surface area contributed by atoms with Crippen LogP contribution in [0, 0.1) is 5.82 Å². The molecule has 1 heterocycles. The minimum atomic E-state index is -3.70. The van der Waals surface area contributed by atoms with E-state index in [4.69, 9.17) is 5.21 Å². The topological polar surface area (TPSA) is 86.7 Å². The minimum Gasteiger partial charge on any atom is -0.316 e. The summed E-state index contributed by atoms with van der Waals surface area (Å²) in [5.74, 6) is -0.340. The van der Waals surface area contributed by atoms with Crippen molar-refractivity contribution in [3.8, 4) is 0 Å². The van der Waals surface area contributed by atoms with Crippen molar-refractivity contribution in [2.75, 3.05) is 13.6 Å². The van der Waals surface area contributed by atoms with E-state index in [0.29, 0.717) is 17.6 Å². The molecule has 0 aliphatic heterocycles. The van der Waals surface area contributed by atoms with Gasteiger partial charge in [-0.2, -0.15) is 5.48 Å². The molecule has 2 aromatic rings. The normalized spacial score (nSPS) is 13.2. The number of nitrogens with one attached hydrogen (secondary N) is 1. The SMILES string of the molecule is CN(CCc1ccc(F)cc1)S(=O)(=O)c1csc(C(C=O)NO)c1. The molecular weight excluding hydrogens is 355 g/mol. The third-order valence-corrected chi connectivity index (χ3v) is 6.51. The van der Waals surface area contributed by atoms with Crippen molar-refractivity contribution in [3.05, 3.63) is 52.0 Å². The van der Waals surface area contributed by atoms with Gasteiger partial charge in [0.15, 0.2) is 0 Å². The van der Waals surface area contributed by atoms with Crippen LogP contribution in [0.1, 0.15) is 16.5 Å². The van der Waals surface area contributed by atoms with Crippen molar-refractivity contribution in [1.29, 1.82) is 0 Å². The molecule has 130 valence electrons. The van der Waals surface area contributed by atoms with E-state index in [1.807, 2.05) is 5.48 Å². The zero-order valence-electron chi connectivity index (χ0n) is 12.8. The van der Waals surface area contributed by atoms with Crippen LogP contribution in [0.3, 0.4) is 0 Å². The highest BCUT2D eigenvalue weighted by Crippen LogP contribution is 2.26. The van der Waals surface area contributed by atoms with Crippen molar-refractivity contribution in [1.82, 2.24) is 9.79 Å². The summed E-state index contributed by atoms with van der Waals surface area (Å²) in [7, 11) is -2.25. The van der Waals surface area contributed by atoms with E-state index in [1.165, 1.54) is 34.9 Å².